The van der Waals surface area contributed by atoms with E-state index in [2.05, 4.69) is 5.32 Å². The van der Waals surface area contributed by atoms with Gasteiger partial charge in [-0.05, 0) is 25.5 Å². The van der Waals surface area contributed by atoms with Crippen LogP contribution in [-0.4, -0.2) is 32.0 Å². The molecule has 0 amide bonds. The van der Waals surface area contributed by atoms with Crippen molar-refractivity contribution in [1.29, 1.82) is 0 Å². The standard InChI is InChI=1S/C13H16Cl3NO2/c1-3-19-11-6-10(13(11)18-2)17-12-8(15)4-7(14)5-9(12)16/h4-5,10-11,13,17H,3,6H2,1-2H3. The third-order valence-electron chi connectivity index (χ3n) is 3.24. The number of halogens is 3. The molecule has 1 N–H and O–H groups in total. The molecule has 0 radical (unpaired) electrons. The minimum Gasteiger partial charge on any atom is -0.377 e. The van der Waals surface area contributed by atoms with Crippen molar-refractivity contribution in [2.75, 3.05) is 19.0 Å². The molecule has 2 rings (SSSR count). The fourth-order valence-corrected chi connectivity index (χ4v) is 3.21. The van der Waals surface area contributed by atoms with E-state index in [1.807, 2.05) is 6.92 Å². The minimum atomic E-state index is 0.00256. The lowest BCUT2D eigenvalue weighted by atomic mass is 9.85. The first-order valence-corrected chi connectivity index (χ1v) is 7.25. The summed E-state index contributed by atoms with van der Waals surface area (Å²) in [5.41, 5.74) is 0.690. The Balaban J connectivity index is 2.07. The van der Waals surface area contributed by atoms with Gasteiger partial charge in [0.2, 0.25) is 0 Å². The normalized spacial score (nSPS) is 26.1. The number of benzene rings is 1. The maximum absolute atomic E-state index is 6.14. The van der Waals surface area contributed by atoms with Crippen LogP contribution < -0.4 is 5.32 Å². The molecule has 19 heavy (non-hydrogen) atoms. The molecule has 6 heteroatoms. The van der Waals surface area contributed by atoms with Gasteiger partial charge in [0.15, 0.2) is 0 Å². The number of hydrogen-bond donors (Lipinski definition) is 1. The van der Waals surface area contributed by atoms with Crippen LogP contribution in [0.15, 0.2) is 12.1 Å². The molecule has 1 aromatic rings. The van der Waals surface area contributed by atoms with Gasteiger partial charge < -0.3 is 14.8 Å². The monoisotopic (exact) mass is 323 g/mol. The SMILES string of the molecule is CCOC1CC(Nc2c(Cl)cc(Cl)cc2Cl)C1OC. The Morgan fingerprint density at radius 3 is 2.42 bits per heavy atom. The van der Waals surface area contributed by atoms with Gasteiger partial charge in [0, 0.05) is 18.7 Å². The van der Waals surface area contributed by atoms with Crippen LogP contribution >= 0.6 is 34.8 Å². The molecule has 0 aromatic heterocycles. The van der Waals surface area contributed by atoms with Crippen molar-refractivity contribution < 1.29 is 9.47 Å². The number of hydrogen-bond acceptors (Lipinski definition) is 3. The van der Waals surface area contributed by atoms with Gasteiger partial charge in [0.25, 0.3) is 0 Å². The smallest absolute Gasteiger partial charge is 0.103 e. The van der Waals surface area contributed by atoms with E-state index in [-0.39, 0.29) is 18.2 Å². The number of rotatable bonds is 5. The largest absolute Gasteiger partial charge is 0.377 e. The van der Waals surface area contributed by atoms with Crippen molar-refractivity contribution >= 4 is 40.5 Å². The van der Waals surface area contributed by atoms with Crippen LogP contribution in [0.2, 0.25) is 15.1 Å². The molecule has 0 saturated heterocycles. The van der Waals surface area contributed by atoms with E-state index in [9.17, 15) is 0 Å². The van der Waals surface area contributed by atoms with E-state index in [0.717, 1.165) is 6.42 Å². The highest BCUT2D eigenvalue weighted by molar-refractivity contribution is 6.41. The Morgan fingerprint density at radius 1 is 1.26 bits per heavy atom. The van der Waals surface area contributed by atoms with Gasteiger partial charge in [-0.15, -0.1) is 0 Å². The Morgan fingerprint density at radius 2 is 1.89 bits per heavy atom. The lowest BCUT2D eigenvalue weighted by Crippen LogP contribution is -2.56. The van der Waals surface area contributed by atoms with E-state index >= 15 is 0 Å². The third-order valence-corrected chi connectivity index (χ3v) is 4.05. The van der Waals surface area contributed by atoms with Crippen LogP contribution in [0.25, 0.3) is 0 Å². The molecule has 0 aliphatic heterocycles. The summed E-state index contributed by atoms with van der Waals surface area (Å²) in [4.78, 5) is 0. The molecule has 1 saturated carbocycles. The quantitative estimate of drug-likeness (QED) is 0.878. The highest BCUT2D eigenvalue weighted by atomic mass is 35.5. The van der Waals surface area contributed by atoms with Gasteiger partial charge in [-0.25, -0.2) is 0 Å². The molecule has 3 nitrogen and oxygen atoms in total. The van der Waals surface area contributed by atoms with Gasteiger partial charge in [-0.1, -0.05) is 34.8 Å². The summed E-state index contributed by atoms with van der Waals surface area (Å²) >= 11 is 18.2. The molecule has 0 spiro atoms. The van der Waals surface area contributed by atoms with Crippen molar-refractivity contribution in [3.63, 3.8) is 0 Å². The summed E-state index contributed by atoms with van der Waals surface area (Å²) in [5.74, 6) is 0. The Hall–Kier alpha value is -0.190. The summed E-state index contributed by atoms with van der Waals surface area (Å²) in [6.45, 7) is 2.65. The first kappa shape index (κ1) is 15.2. The predicted octanol–water partition coefficient (Wildman–Crippen LogP) is 4.25. The zero-order valence-corrected chi connectivity index (χ0v) is 13.0. The lowest BCUT2D eigenvalue weighted by Gasteiger charge is -2.44. The molecule has 0 heterocycles. The van der Waals surface area contributed by atoms with Crippen LogP contribution in [0.5, 0.6) is 0 Å². The Bertz CT molecular complexity index is 433. The van der Waals surface area contributed by atoms with Gasteiger partial charge in [0.1, 0.15) is 6.10 Å². The van der Waals surface area contributed by atoms with Crippen molar-refractivity contribution in [3.8, 4) is 0 Å². The van der Waals surface area contributed by atoms with Crippen molar-refractivity contribution in [3.05, 3.63) is 27.2 Å². The summed E-state index contributed by atoms with van der Waals surface area (Å²) < 4.78 is 11.0. The summed E-state index contributed by atoms with van der Waals surface area (Å²) in [5, 5.41) is 4.84. The van der Waals surface area contributed by atoms with E-state index in [1.165, 1.54) is 0 Å². The molecule has 0 bridgehead atoms. The fourth-order valence-electron chi connectivity index (χ4n) is 2.28. The maximum Gasteiger partial charge on any atom is 0.103 e. The summed E-state index contributed by atoms with van der Waals surface area (Å²) in [6, 6.07) is 3.47. The van der Waals surface area contributed by atoms with Crippen LogP contribution in [-0.2, 0) is 9.47 Å². The van der Waals surface area contributed by atoms with Crippen molar-refractivity contribution in [2.45, 2.75) is 31.6 Å². The van der Waals surface area contributed by atoms with Crippen LogP contribution in [0.4, 0.5) is 5.69 Å². The average molecular weight is 325 g/mol. The van der Waals surface area contributed by atoms with Crippen molar-refractivity contribution in [1.82, 2.24) is 0 Å². The Kier molecular flexibility index (Phi) is 5.21. The first-order valence-electron chi connectivity index (χ1n) is 6.12. The van der Waals surface area contributed by atoms with Gasteiger partial charge >= 0.3 is 0 Å². The highest BCUT2D eigenvalue weighted by Gasteiger charge is 2.42. The average Bonchev–Trinajstić information content (AvgIpc) is 2.31. The predicted molar refractivity (Wildman–Crippen MR) is 79.7 cm³/mol. The number of methoxy groups -OCH3 is 1. The second kappa shape index (κ2) is 6.51. The number of anilines is 1. The number of ether oxygens (including phenoxy) is 2. The minimum absolute atomic E-state index is 0.00256. The fraction of sp³-hybridized carbons (Fsp3) is 0.538. The molecule has 3 unspecified atom stereocenters. The second-order valence-corrected chi connectivity index (χ2v) is 5.68. The molecular weight excluding hydrogens is 309 g/mol. The Labute approximate surface area is 128 Å². The maximum atomic E-state index is 6.14. The molecule has 106 valence electrons. The van der Waals surface area contributed by atoms with Gasteiger partial charge in [0.05, 0.1) is 27.9 Å². The van der Waals surface area contributed by atoms with E-state index in [0.29, 0.717) is 27.4 Å². The molecule has 1 aliphatic carbocycles. The second-order valence-electron chi connectivity index (χ2n) is 4.43. The van der Waals surface area contributed by atoms with E-state index < -0.39 is 0 Å². The van der Waals surface area contributed by atoms with Gasteiger partial charge in [-0.2, -0.15) is 0 Å². The third kappa shape index (κ3) is 3.29. The molecule has 1 aliphatic rings. The summed E-state index contributed by atoms with van der Waals surface area (Å²) in [6.07, 6.45) is 0.988. The molecular formula is C13H16Cl3NO2. The molecule has 1 aromatic carbocycles. The van der Waals surface area contributed by atoms with E-state index in [1.54, 1.807) is 19.2 Å². The van der Waals surface area contributed by atoms with Gasteiger partial charge in [-0.3, -0.25) is 0 Å². The highest BCUT2D eigenvalue weighted by Crippen LogP contribution is 2.37. The number of nitrogens with one attached hydrogen (secondary N) is 1. The van der Waals surface area contributed by atoms with Crippen molar-refractivity contribution in [2.24, 2.45) is 0 Å². The molecule has 1 fully saturated rings. The lowest BCUT2D eigenvalue weighted by molar-refractivity contribution is -0.118. The zero-order valence-electron chi connectivity index (χ0n) is 10.8. The zero-order chi connectivity index (χ0) is 14.0. The molecule has 3 atom stereocenters. The van der Waals surface area contributed by atoms with E-state index in [4.69, 9.17) is 44.3 Å². The summed E-state index contributed by atoms with van der Waals surface area (Å²) in [7, 11) is 1.68. The topological polar surface area (TPSA) is 30.5 Å². The first-order chi connectivity index (χ1) is 9.06. The van der Waals surface area contributed by atoms with Crippen LogP contribution in [0.3, 0.4) is 0 Å². The van der Waals surface area contributed by atoms with Crippen LogP contribution in [0.1, 0.15) is 13.3 Å². The van der Waals surface area contributed by atoms with Crippen LogP contribution in [0, 0.1) is 0 Å².